The molecule has 1 saturated heterocycles. The summed E-state index contributed by atoms with van der Waals surface area (Å²) < 4.78 is 5.27. The maximum Gasteiger partial charge on any atom is 0.407 e. The molecule has 1 N–H and O–H groups in total. The van der Waals surface area contributed by atoms with E-state index in [0.717, 1.165) is 19.0 Å². The predicted octanol–water partition coefficient (Wildman–Crippen LogP) is 3.27. The molecule has 1 amide bonds. The third-order valence-electron chi connectivity index (χ3n) is 3.56. The molecule has 20 heavy (non-hydrogen) atoms. The van der Waals surface area contributed by atoms with Crippen molar-refractivity contribution in [3.05, 3.63) is 0 Å². The Bertz CT molecular complexity index is 297. The van der Waals surface area contributed by atoms with E-state index >= 15 is 0 Å². The number of nitrogens with zero attached hydrogens (tertiary/aromatic N) is 1. The van der Waals surface area contributed by atoms with Crippen LogP contribution in [0.5, 0.6) is 0 Å². The van der Waals surface area contributed by atoms with E-state index in [0.29, 0.717) is 5.92 Å². The van der Waals surface area contributed by atoms with Gasteiger partial charge in [0, 0.05) is 13.1 Å². The highest BCUT2D eigenvalue weighted by molar-refractivity contribution is 5.67. The Morgan fingerprint density at radius 1 is 1.40 bits per heavy atom. The predicted molar refractivity (Wildman–Crippen MR) is 82.9 cm³/mol. The van der Waals surface area contributed by atoms with Gasteiger partial charge in [-0.25, -0.2) is 4.79 Å². The van der Waals surface area contributed by atoms with Gasteiger partial charge in [-0.2, -0.15) is 0 Å². The maximum atomic E-state index is 11.7. The van der Waals surface area contributed by atoms with Gasteiger partial charge >= 0.3 is 6.09 Å². The second-order valence-corrected chi connectivity index (χ2v) is 7.37. The van der Waals surface area contributed by atoms with Crippen LogP contribution in [0.4, 0.5) is 4.79 Å². The molecule has 0 aromatic heterocycles. The van der Waals surface area contributed by atoms with Crippen molar-refractivity contribution < 1.29 is 9.53 Å². The van der Waals surface area contributed by atoms with Gasteiger partial charge in [0.25, 0.3) is 0 Å². The zero-order chi connectivity index (χ0) is 15.2. The molecule has 0 aromatic rings. The number of likely N-dealkylation sites (tertiary alicyclic amines) is 1. The Hall–Kier alpha value is -0.770. The van der Waals surface area contributed by atoms with Crippen LogP contribution in [-0.2, 0) is 4.74 Å². The summed E-state index contributed by atoms with van der Waals surface area (Å²) in [6.45, 7) is 14.4. The number of piperidine rings is 1. The summed E-state index contributed by atoms with van der Waals surface area (Å²) in [4.78, 5) is 14.2. The molecule has 1 atom stereocenters. The van der Waals surface area contributed by atoms with Crippen molar-refractivity contribution in [3.8, 4) is 0 Å². The van der Waals surface area contributed by atoms with E-state index in [2.05, 4.69) is 24.1 Å². The number of carbonyl (C=O) groups excluding carboxylic acids is 1. The average Bonchev–Trinajstić information content (AvgIpc) is 2.32. The third kappa shape index (κ3) is 7.73. The minimum absolute atomic E-state index is 0.295. The summed E-state index contributed by atoms with van der Waals surface area (Å²) in [5.41, 5.74) is -0.417. The largest absolute Gasteiger partial charge is 0.444 e. The third-order valence-corrected chi connectivity index (χ3v) is 3.56. The number of hydrogen-bond donors (Lipinski definition) is 1. The first-order valence-corrected chi connectivity index (χ1v) is 7.95. The summed E-state index contributed by atoms with van der Waals surface area (Å²) in [6.07, 6.45) is 3.40. The average molecular weight is 284 g/mol. The van der Waals surface area contributed by atoms with Crippen LogP contribution in [0.1, 0.15) is 53.9 Å². The number of rotatable bonds is 5. The summed E-state index contributed by atoms with van der Waals surface area (Å²) in [6, 6.07) is 0. The van der Waals surface area contributed by atoms with E-state index in [1.165, 1.54) is 32.4 Å². The van der Waals surface area contributed by atoms with Gasteiger partial charge in [-0.1, -0.05) is 13.8 Å². The summed E-state index contributed by atoms with van der Waals surface area (Å²) in [5.74, 6) is 1.32. The van der Waals surface area contributed by atoms with Crippen molar-refractivity contribution in [1.29, 1.82) is 0 Å². The number of ether oxygens (including phenoxy) is 1. The molecule has 0 saturated carbocycles. The molecule has 1 aliphatic heterocycles. The molecular formula is C16H32N2O2. The molecule has 1 heterocycles. The van der Waals surface area contributed by atoms with Gasteiger partial charge < -0.3 is 15.0 Å². The summed E-state index contributed by atoms with van der Waals surface area (Å²) in [7, 11) is 0. The van der Waals surface area contributed by atoms with Gasteiger partial charge in [0.1, 0.15) is 5.60 Å². The Labute approximate surface area is 124 Å². The Balaban J connectivity index is 2.25. The van der Waals surface area contributed by atoms with Crippen LogP contribution in [0.25, 0.3) is 0 Å². The van der Waals surface area contributed by atoms with Crippen molar-refractivity contribution >= 4 is 6.09 Å². The first-order chi connectivity index (χ1) is 9.26. The van der Waals surface area contributed by atoms with Crippen LogP contribution in [0.3, 0.4) is 0 Å². The van der Waals surface area contributed by atoms with Crippen LogP contribution < -0.4 is 5.32 Å². The molecular weight excluding hydrogens is 252 g/mol. The fourth-order valence-electron chi connectivity index (χ4n) is 2.50. The van der Waals surface area contributed by atoms with Gasteiger partial charge in [0.05, 0.1) is 0 Å². The van der Waals surface area contributed by atoms with E-state index in [1.54, 1.807) is 0 Å². The van der Waals surface area contributed by atoms with Gasteiger partial charge in [-0.15, -0.1) is 0 Å². The molecule has 0 aliphatic carbocycles. The Morgan fingerprint density at radius 2 is 2.10 bits per heavy atom. The molecule has 0 radical (unpaired) electrons. The van der Waals surface area contributed by atoms with E-state index in [9.17, 15) is 4.79 Å². The van der Waals surface area contributed by atoms with Crippen LogP contribution >= 0.6 is 0 Å². The van der Waals surface area contributed by atoms with Crippen molar-refractivity contribution in [2.45, 2.75) is 59.5 Å². The molecule has 118 valence electrons. The molecule has 4 heteroatoms. The van der Waals surface area contributed by atoms with Gasteiger partial charge in [0.2, 0.25) is 0 Å². The molecule has 1 fully saturated rings. The second kappa shape index (κ2) is 7.87. The van der Waals surface area contributed by atoms with Gasteiger partial charge in [0.15, 0.2) is 0 Å². The molecule has 1 rings (SSSR count). The lowest BCUT2D eigenvalue weighted by Gasteiger charge is -2.33. The Kier molecular flexibility index (Phi) is 6.80. The zero-order valence-electron chi connectivity index (χ0n) is 13.9. The first-order valence-electron chi connectivity index (χ1n) is 7.95. The number of nitrogens with one attached hydrogen (secondary N) is 1. The van der Waals surface area contributed by atoms with Crippen molar-refractivity contribution in [2.24, 2.45) is 11.8 Å². The van der Waals surface area contributed by atoms with Crippen LogP contribution in [0.2, 0.25) is 0 Å². The normalized spacial score (nSPS) is 21.0. The van der Waals surface area contributed by atoms with E-state index < -0.39 is 5.60 Å². The lowest BCUT2D eigenvalue weighted by molar-refractivity contribution is 0.0507. The lowest BCUT2D eigenvalue weighted by Crippen LogP contribution is -2.42. The number of alkyl carbamates (subject to hydrolysis) is 1. The smallest absolute Gasteiger partial charge is 0.407 e. The summed E-state index contributed by atoms with van der Waals surface area (Å²) >= 11 is 0. The van der Waals surface area contributed by atoms with Crippen LogP contribution in [0.15, 0.2) is 0 Å². The molecule has 0 bridgehead atoms. The van der Waals surface area contributed by atoms with E-state index in [4.69, 9.17) is 4.74 Å². The van der Waals surface area contributed by atoms with E-state index in [1.807, 2.05) is 20.8 Å². The van der Waals surface area contributed by atoms with Gasteiger partial charge in [-0.3, -0.25) is 0 Å². The number of hydrogen-bond acceptors (Lipinski definition) is 3. The molecule has 0 aromatic carbocycles. The minimum Gasteiger partial charge on any atom is -0.444 e. The highest BCUT2D eigenvalue weighted by Gasteiger charge is 2.22. The summed E-state index contributed by atoms with van der Waals surface area (Å²) in [5, 5.41) is 2.91. The fourth-order valence-corrected chi connectivity index (χ4v) is 2.50. The highest BCUT2D eigenvalue weighted by atomic mass is 16.6. The highest BCUT2D eigenvalue weighted by Crippen LogP contribution is 2.17. The van der Waals surface area contributed by atoms with Crippen molar-refractivity contribution in [1.82, 2.24) is 10.2 Å². The minimum atomic E-state index is -0.417. The fraction of sp³-hybridized carbons (Fsp3) is 0.938. The van der Waals surface area contributed by atoms with Crippen molar-refractivity contribution in [2.75, 3.05) is 26.2 Å². The maximum absolute atomic E-state index is 11.7. The first kappa shape index (κ1) is 17.3. The van der Waals surface area contributed by atoms with E-state index in [-0.39, 0.29) is 6.09 Å². The standard InChI is InChI=1S/C16H32N2O2/c1-13(2)8-10-18-9-6-7-14(12-18)11-17-15(19)20-16(3,4)5/h13-14H,6-12H2,1-5H3,(H,17,19). The second-order valence-electron chi connectivity index (χ2n) is 7.37. The lowest BCUT2D eigenvalue weighted by atomic mass is 9.97. The topological polar surface area (TPSA) is 41.6 Å². The monoisotopic (exact) mass is 284 g/mol. The zero-order valence-corrected chi connectivity index (χ0v) is 13.9. The SMILES string of the molecule is CC(C)CCN1CCCC(CNC(=O)OC(C)(C)C)C1. The van der Waals surface area contributed by atoms with Crippen molar-refractivity contribution in [3.63, 3.8) is 0 Å². The molecule has 1 unspecified atom stereocenters. The van der Waals surface area contributed by atoms with Crippen LogP contribution in [0, 0.1) is 11.8 Å². The van der Waals surface area contributed by atoms with Crippen LogP contribution in [-0.4, -0.2) is 42.8 Å². The quantitative estimate of drug-likeness (QED) is 0.842. The molecule has 1 aliphatic rings. The van der Waals surface area contributed by atoms with Gasteiger partial charge in [-0.05, 0) is 65.0 Å². The molecule has 4 nitrogen and oxygen atoms in total. The molecule has 0 spiro atoms. The number of carbonyl (C=O) groups is 1. The Morgan fingerprint density at radius 3 is 2.70 bits per heavy atom. The number of amides is 1.